The number of nitrogens with zero attached hydrogens (tertiary/aromatic N) is 2. The number of carbonyl (C=O) groups excluding carboxylic acids is 1. The van der Waals surface area contributed by atoms with Crippen molar-refractivity contribution < 1.29 is 14.3 Å². The van der Waals surface area contributed by atoms with Gasteiger partial charge >= 0.3 is 5.97 Å². The summed E-state index contributed by atoms with van der Waals surface area (Å²) in [6, 6.07) is 9.51. The van der Waals surface area contributed by atoms with Crippen molar-refractivity contribution in [3.63, 3.8) is 0 Å². The van der Waals surface area contributed by atoms with Gasteiger partial charge in [-0.15, -0.1) is 0 Å². The van der Waals surface area contributed by atoms with Gasteiger partial charge in [-0.3, -0.25) is 4.79 Å². The van der Waals surface area contributed by atoms with Crippen LogP contribution in [0.15, 0.2) is 30.3 Å². The molecule has 0 aliphatic heterocycles. The Hall–Kier alpha value is -2.34. The second kappa shape index (κ2) is 7.95. The van der Waals surface area contributed by atoms with Crippen LogP contribution in [0.3, 0.4) is 0 Å². The van der Waals surface area contributed by atoms with Crippen LogP contribution in [0.1, 0.15) is 25.7 Å². The van der Waals surface area contributed by atoms with Gasteiger partial charge in [0.25, 0.3) is 0 Å². The van der Waals surface area contributed by atoms with Crippen LogP contribution >= 0.6 is 11.6 Å². The van der Waals surface area contributed by atoms with Gasteiger partial charge in [0, 0.05) is 17.7 Å². The molecule has 2 unspecified atom stereocenters. The van der Waals surface area contributed by atoms with Crippen molar-refractivity contribution in [3.05, 3.63) is 35.6 Å². The number of benzene rings is 1. The van der Waals surface area contributed by atoms with Crippen molar-refractivity contribution in [2.45, 2.75) is 31.7 Å². The Morgan fingerprint density at radius 3 is 2.39 bits per heavy atom. The number of aromatic nitrogens is 2. The first kappa shape index (κ1) is 19.0. The topological polar surface area (TPSA) is 73.3 Å². The van der Waals surface area contributed by atoms with Gasteiger partial charge in [-0.05, 0) is 73.4 Å². The highest BCUT2D eigenvalue weighted by Gasteiger charge is 2.47. The van der Waals surface area contributed by atoms with Crippen molar-refractivity contribution in [3.8, 4) is 17.0 Å². The van der Waals surface area contributed by atoms with Gasteiger partial charge < -0.3 is 14.8 Å². The minimum Gasteiger partial charge on any atom is -0.497 e. The molecule has 0 radical (unpaired) electrons. The third-order valence-corrected chi connectivity index (χ3v) is 6.26. The third-order valence-electron chi connectivity index (χ3n) is 6.09. The predicted molar refractivity (Wildman–Crippen MR) is 107 cm³/mol. The summed E-state index contributed by atoms with van der Waals surface area (Å²) in [7, 11) is 3.10. The molecule has 2 atom stereocenters. The number of ether oxygens (including phenoxy) is 2. The summed E-state index contributed by atoms with van der Waals surface area (Å²) in [5, 5.41) is 3.66. The molecule has 3 aliphatic carbocycles. The molecular formula is C21H24ClN3O3. The Kier molecular flexibility index (Phi) is 5.40. The molecule has 1 N–H and O–H groups in total. The number of hydrogen-bond acceptors (Lipinski definition) is 6. The van der Waals surface area contributed by atoms with Crippen LogP contribution < -0.4 is 10.1 Å². The number of esters is 1. The summed E-state index contributed by atoms with van der Waals surface area (Å²) < 4.78 is 10.3. The summed E-state index contributed by atoms with van der Waals surface area (Å²) in [6.07, 6.45) is 4.43. The Balaban J connectivity index is 1.62. The van der Waals surface area contributed by atoms with Gasteiger partial charge in [0.15, 0.2) is 0 Å². The van der Waals surface area contributed by atoms with E-state index in [4.69, 9.17) is 21.1 Å². The predicted octanol–water partition coefficient (Wildman–Crippen LogP) is 4.20. The molecule has 1 heterocycles. The van der Waals surface area contributed by atoms with Gasteiger partial charge in [-0.1, -0.05) is 0 Å². The van der Waals surface area contributed by atoms with Crippen molar-refractivity contribution in [2.75, 3.05) is 19.5 Å². The largest absolute Gasteiger partial charge is 0.497 e. The summed E-state index contributed by atoms with van der Waals surface area (Å²) in [6.45, 7) is 0. The average Bonchev–Trinajstić information content (AvgIpc) is 2.73. The lowest BCUT2D eigenvalue weighted by molar-refractivity contribution is -0.152. The second-order valence-electron chi connectivity index (χ2n) is 7.53. The lowest BCUT2D eigenvalue weighted by Crippen LogP contribution is -2.51. The van der Waals surface area contributed by atoms with Crippen LogP contribution in [0, 0.1) is 17.8 Å². The monoisotopic (exact) mass is 401 g/mol. The smallest absolute Gasteiger partial charge is 0.311 e. The molecule has 3 fully saturated rings. The summed E-state index contributed by atoms with van der Waals surface area (Å²) in [4.78, 5) is 21.1. The van der Waals surface area contributed by atoms with Crippen molar-refractivity contribution in [1.29, 1.82) is 0 Å². The van der Waals surface area contributed by atoms with Crippen LogP contribution in [-0.4, -0.2) is 36.2 Å². The van der Waals surface area contributed by atoms with Crippen molar-refractivity contribution in [2.24, 2.45) is 17.8 Å². The lowest BCUT2D eigenvalue weighted by atomic mass is 9.61. The average molecular weight is 402 g/mol. The van der Waals surface area contributed by atoms with E-state index in [1.807, 2.05) is 30.3 Å². The molecule has 1 aromatic heterocycles. The fourth-order valence-corrected chi connectivity index (χ4v) is 4.89. The van der Waals surface area contributed by atoms with Gasteiger partial charge in [-0.25, -0.2) is 9.97 Å². The molecule has 0 saturated heterocycles. The van der Waals surface area contributed by atoms with Crippen molar-refractivity contribution in [1.82, 2.24) is 9.97 Å². The Bertz CT molecular complexity index is 850. The SMILES string of the molecule is COC(=O)C1C2CCC(CC2)C1Nc1cc(-c2ccc(OC)cc2)nc(Cl)n1. The van der Waals surface area contributed by atoms with E-state index in [-0.39, 0.29) is 23.2 Å². The van der Waals surface area contributed by atoms with E-state index in [2.05, 4.69) is 15.3 Å². The molecule has 2 bridgehead atoms. The molecule has 1 aromatic carbocycles. The van der Waals surface area contributed by atoms with Crippen molar-refractivity contribution >= 4 is 23.4 Å². The molecule has 5 rings (SSSR count). The van der Waals surface area contributed by atoms with E-state index in [0.717, 1.165) is 42.7 Å². The van der Waals surface area contributed by atoms with Crippen LogP contribution in [0.2, 0.25) is 5.28 Å². The van der Waals surface area contributed by atoms with Crippen LogP contribution in [0.5, 0.6) is 5.75 Å². The quantitative estimate of drug-likeness (QED) is 0.598. The van der Waals surface area contributed by atoms with Gasteiger partial charge in [0.05, 0.1) is 25.8 Å². The number of anilines is 1. The lowest BCUT2D eigenvalue weighted by Gasteiger charge is -2.47. The first-order valence-corrected chi connectivity index (χ1v) is 10.00. The minimum atomic E-state index is -0.143. The van der Waals surface area contributed by atoms with Gasteiger partial charge in [0.2, 0.25) is 5.28 Å². The maximum atomic E-state index is 12.4. The summed E-state index contributed by atoms with van der Waals surface area (Å²) >= 11 is 6.20. The molecule has 7 heteroatoms. The molecule has 2 aromatic rings. The minimum absolute atomic E-state index is 0.00892. The zero-order valence-corrected chi connectivity index (χ0v) is 16.8. The van der Waals surface area contributed by atoms with E-state index in [9.17, 15) is 4.79 Å². The Morgan fingerprint density at radius 2 is 1.75 bits per heavy atom. The maximum Gasteiger partial charge on any atom is 0.311 e. The standard InChI is InChI=1S/C21H24ClN3O3/c1-27-15-9-7-12(8-10-15)16-11-17(25-21(22)23-16)24-19-14-5-3-13(4-6-14)18(19)20(26)28-2/h7-11,13-14,18-19H,3-6H2,1-2H3,(H,23,24,25). The highest BCUT2D eigenvalue weighted by molar-refractivity contribution is 6.28. The highest BCUT2D eigenvalue weighted by Crippen LogP contribution is 2.46. The van der Waals surface area contributed by atoms with Gasteiger partial charge in [-0.2, -0.15) is 0 Å². The zero-order chi connectivity index (χ0) is 19.7. The summed E-state index contributed by atoms with van der Waals surface area (Å²) in [5.41, 5.74) is 1.64. The van der Waals surface area contributed by atoms with E-state index in [1.54, 1.807) is 7.11 Å². The number of carbonyl (C=O) groups is 1. The fraction of sp³-hybridized carbons (Fsp3) is 0.476. The Labute approximate surface area is 169 Å². The maximum absolute atomic E-state index is 12.4. The molecule has 3 aliphatic rings. The normalized spacial score (nSPS) is 26.0. The molecular weight excluding hydrogens is 378 g/mol. The van der Waals surface area contributed by atoms with Crippen LogP contribution in [0.4, 0.5) is 5.82 Å². The number of fused-ring (bicyclic) bond motifs is 3. The molecule has 0 spiro atoms. The van der Waals surface area contributed by atoms with E-state index >= 15 is 0 Å². The zero-order valence-electron chi connectivity index (χ0n) is 16.0. The number of rotatable bonds is 5. The van der Waals surface area contributed by atoms with E-state index in [0.29, 0.717) is 17.7 Å². The molecule has 6 nitrogen and oxygen atoms in total. The number of nitrogens with one attached hydrogen (secondary N) is 1. The first-order valence-electron chi connectivity index (χ1n) is 9.62. The number of hydrogen-bond donors (Lipinski definition) is 1. The highest BCUT2D eigenvalue weighted by atomic mass is 35.5. The first-order chi connectivity index (χ1) is 13.6. The van der Waals surface area contributed by atoms with E-state index < -0.39 is 0 Å². The van der Waals surface area contributed by atoms with Crippen LogP contribution in [0.25, 0.3) is 11.3 Å². The molecule has 3 saturated carbocycles. The number of methoxy groups -OCH3 is 2. The van der Waals surface area contributed by atoms with Gasteiger partial charge in [0.1, 0.15) is 11.6 Å². The molecule has 0 amide bonds. The Morgan fingerprint density at radius 1 is 1.07 bits per heavy atom. The van der Waals surface area contributed by atoms with Crippen LogP contribution in [-0.2, 0) is 9.53 Å². The number of halogens is 1. The molecule has 28 heavy (non-hydrogen) atoms. The third kappa shape index (κ3) is 3.65. The molecule has 148 valence electrons. The second-order valence-corrected chi connectivity index (χ2v) is 7.87. The van der Waals surface area contributed by atoms with E-state index in [1.165, 1.54) is 7.11 Å². The summed E-state index contributed by atoms with van der Waals surface area (Å²) in [5.74, 6) is 1.94. The fourth-order valence-electron chi connectivity index (χ4n) is 4.70.